The second-order valence-corrected chi connectivity index (χ2v) is 7.47. The fourth-order valence-corrected chi connectivity index (χ4v) is 3.49. The second-order valence-electron chi connectivity index (χ2n) is 6.66. The second kappa shape index (κ2) is 8.52. The number of fused-ring (bicyclic) bond motifs is 1. The van der Waals surface area contributed by atoms with Crippen molar-refractivity contribution in [1.29, 1.82) is 0 Å². The Labute approximate surface area is 181 Å². The SMILES string of the molecule is O=C(Nc1ccc(NCc2ccccc2)c(Cl)c1)c1ccc2c(=O)[nH]c(=S)[nH]c2c1. The van der Waals surface area contributed by atoms with Crippen LogP contribution in [0.4, 0.5) is 11.4 Å². The van der Waals surface area contributed by atoms with Crippen LogP contribution in [0, 0.1) is 4.77 Å². The van der Waals surface area contributed by atoms with E-state index in [0.717, 1.165) is 11.3 Å². The first-order valence-electron chi connectivity index (χ1n) is 9.15. The first-order chi connectivity index (χ1) is 14.5. The Hall–Kier alpha value is -3.42. The lowest BCUT2D eigenvalue weighted by Gasteiger charge is -2.11. The van der Waals surface area contributed by atoms with Gasteiger partial charge in [-0.1, -0.05) is 41.9 Å². The van der Waals surface area contributed by atoms with Gasteiger partial charge in [-0.05, 0) is 54.2 Å². The molecule has 30 heavy (non-hydrogen) atoms. The van der Waals surface area contributed by atoms with Gasteiger partial charge in [-0.15, -0.1) is 0 Å². The molecule has 3 aromatic carbocycles. The zero-order valence-corrected chi connectivity index (χ0v) is 17.2. The molecule has 0 aliphatic heterocycles. The Balaban J connectivity index is 1.49. The summed E-state index contributed by atoms with van der Waals surface area (Å²) in [5, 5.41) is 7.02. The normalized spacial score (nSPS) is 10.7. The molecule has 4 rings (SSSR count). The molecule has 0 unspecified atom stereocenters. The number of halogens is 1. The number of H-pyrrole nitrogens is 2. The van der Waals surface area contributed by atoms with Crippen molar-refractivity contribution in [2.45, 2.75) is 6.54 Å². The number of anilines is 2. The topological polar surface area (TPSA) is 89.8 Å². The molecule has 0 bridgehead atoms. The average molecular weight is 437 g/mol. The van der Waals surface area contributed by atoms with Crippen molar-refractivity contribution >= 4 is 52.0 Å². The number of carbonyl (C=O) groups excluding carboxylic acids is 1. The predicted octanol–water partition coefficient (Wildman–Crippen LogP) is 5.10. The zero-order chi connectivity index (χ0) is 21.1. The highest BCUT2D eigenvalue weighted by Gasteiger charge is 2.10. The predicted molar refractivity (Wildman–Crippen MR) is 123 cm³/mol. The van der Waals surface area contributed by atoms with Gasteiger partial charge < -0.3 is 15.6 Å². The summed E-state index contributed by atoms with van der Waals surface area (Å²) >= 11 is 11.4. The van der Waals surface area contributed by atoms with Crippen molar-refractivity contribution < 1.29 is 4.79 Å². The maximum absolute atomic E-state index is 12.6. The molecular weight excluding hydrogens is 420 g/mol. The molecule has 0 fully saturated rings. The number of hydrogen-bond donors (Lipinski definition) is 4. The van der Waals surface area contributed by atoms with Gasteiger partial charge in [0.1, 0.15) is 0 Å². The largest absolute Gasteiger partial charge is 0.380 e. The van der Waals surface area contributed by atoms with Gasteiger partial charge in [0.2, 0.25) is 0 Å². The molecule has 8 heteroatoms. The summed E-state index contributed by atoms with van der Waals surface area (Å²) < 4.78 is 0.204. The van der Waals surface area contributed by atoms with Crippen LogP contribution < -0.4 is 16.2 Å². The number of rotatable bonds is 5. The molecule has 0 aliphatic rings. The first kappa shape index (κ1) is 19.9. The molecule has 4 N–H and O–H groups in total. The van der Waals surface area contributed by atoms with E-state index in [4.69, 9.17) is 23.8 Å². The summed E-state index contributed by atoms with van der Waals surface area (Å²) in [7, 11) is 0. The van der Waals surface area contributed by atoms with Crippen LogP contribution in [0.2, 0.25) is 5.02 Å². The molecule has 1 heterocycles. The van der Waals surface area contributed by atoms with E-state index in [0.29, 0.717) is 33.7 Å². The van der Waals surface area contributed by atoms with Crippen LogP contribution in [0.15, 0.2) is 71.5 Å². The van der Waals surface area contributed by atoms with Crippen molar-refractivity contribution in [3.8, 4) is 0 Å². The number of aromatic nitrogens is 2. The Morgan fingerprint density at radius 2 is 1.80 bits per heavy atom. The highest BCUT2D eigenvalue weighted by atomic mass is 35.5. The maximum Gasteiger partial charge on any atom is 0.259 e. The number of carbonyl (C=O) groups is 1. The molecule has 0 saturated heterocycles. The summed E-state index contributed by atoms with van der Waals surface area (Å²) in [4.78, 5) is 30.0. The third kappa shape index (κ3) is 4.42. The lowest BCUT2D eigenvalue weighted by atomic mass is 10.1. The molecule has 4 aromatic rings. The van der Waals surface area contributed by atoms with Crippen LogP contribution in [0.1, 0.15) is 15.9 Å². The van der Waals surface area contributed by atoms with E-state index in [-0.39, 0.29) is 16.2 Å². The Bertz CT molecular complexity index is 1350. The molecule has 0 spiro atoms. The molecule has 0 radical (unpaired) electrons. The van der Waals surface area contributed by atoms with Crippen LogP contribution in [0.25, 0.3) is 10.9 Å². The lowest BCUT2D eigenvalue weighted by molar-refractivity contribution is 0.102. The van der Waals surface area contributed by atoms with Crippen molar-refractivity contribution in [2.75, 3.05) is 10.6 Å². The highest BCUT2D eigenvalue weighted by molar-refractivity contribution is 7.71. The quantitative estimate of drug-likeness (QED) is 0.327. The lowest BCUT2D eigenvalue weighted by Crippen LogP contribution is -2.13. The van der Waals surface area contributed by atoms with Crippen molar-refractivity contribution in [2.24, 2.45) is 0 Å². The minimum absolute atomic E-state index is 0.204. The van der Waals surface area contributed by atoms with Gasteiger partial charge >= 0.3 is 0 Å². The van der Waals surface area contributed by atoms with E-state index in [1.807, 2.05) is 36.4 Å². The van der Waals surface area contributed by atoms with Crippen LogP contribution >= 0.6 is 23.8 Å². The van der Waals surface area contributed by atoms with Gasteiger partial charge in [0.25, 0.3) is 11.5 Å². The fourth-order valence-electron chi connectivity index (χ4n) is 3.04. The molecular formula is C22H17ClN4O2S. The van der Waals surface area contributed by atoms with Gasteiger partial charge in [-0.25, -0.2) is 0 Å². The van der Waals surface area contributed by atoms with E-state index < -0.39 is 0 Å². The van der Waals surface area contributed by atoms with Crippen LogP contribution in [0.3, 0.4) is 0 Å². The summed E-state index contributed by atoms with van der Waals surface area (Å²) in [6.07, 6.45) is 0. The summed E-state index contributed by atoms with van der Waals surface area (Å²) in [5.41, 5.74) is 3.06. The van der Waals surface area contributed by atoms with Crippen molar-refractivity contribution in [1.82, 2.24) is 9.97 Å². The van der Waals surface area contributed by atoms with Gasteiger partial charge in [0.15, 0.2) is 4.77 Å². The van der Waals surface area contributed by atoms with Gasteiger partial charge in [0, 0.05) is 17.8 Å². The van der Waals surface area contributed by atoms with Gasteiger partial charge in [-0.2, -0.15) is 0 Å². The maximum atomic E-state index is 12.6. The van der Waals surface area contributed by atoms with Gasteiger partial charge in [0.05, 0.1) is 21.6 Å². The van der Waals surface area contributed by atoms with Crippen LogP contribution in [-0.2, 0) is 6.54 Å². The molecule has 1 amide bonds. The van der Waals surface area contributed by atoms with Gasteiger partial charge in [-0.3, -0.25) is 14.6 Å². The Morgan fingerprint density at radius 1 is 1.00 bits per heavy atom. The third-order valence-electron chi connectivity index (χ3n) is 4.55. The van der Waals surface area contributed by atoms with Crippen molar-refractivity contribution in [3.63, 3.8) is 0 Å². The van der Waals surface area contributed by atoms with Crippen molar-refractivity contribution in [3.05, 3.63) is 98.0 Å². The average Bonchev–Trinajstić information content (AvgIpc) is 2.73. The highest BCUT2D eigenvalue weighted by Crippen LogP contribution is 2.26. The molecule has 0 atom stereocenters. The fraction of sp³-hybridized carbons (Fsp3) is 0.0455. The Kier molecular flexibility index (Phi) is 5.65. The monoisotopic (exact) mass is 436 g/mol. The Morgan fingerprint density at radius 3 is 2.57 bits per heavy atom. The van der Waals surface area contributed by atoms with E-state index in [2.05, 4.69) is 20.6 Å². The molecule has 0 aliphatic carbocycles. The number of aromatic amines is 2. The van der Waals surface area contributed by atoms with E-state index in [1.54, 1.807) is 30.3 Å². The number of nitrogens with one attached hydrogen (secondary N) is 4. The van der Waals surface area contributed by atoms with E-state index in [9.17, 15) is 9.59 Å². The zero-order valence-electron chi connectivity index (χ0n) is 15.7. The summed E-state index contributed by atoms with van der Waals surface area (Å²) in [6, 6.07) is 20.0. The number of amides is 1. The number of hydrogen-bond acceptors (Lipinski definition) is 4. The van der Waals surface area contributed by atoms with Crippen LogP contribution in [-0.4, -0.2) is 15.9 Å². The van der Waals surface area contributed by atoms with E-state index in [1.165, 1.54) is 0 Å². The minimum atomic E-state index is -0.322. The standard InChI is InChI=1S/C22H17ClN4O2S/c23-17-11-15(7-9-18(17)24-12-13-4-2-1-3-5-13)25-20(28)14-6-8-16-19(10-14)26-22(30)27-21(16)29/h1-11,24H,12H2,(H,25,28)(H2,26,27,29,30). The molecule has 6 nitrogen and oxygen atoms in total. The summed E-state index contributed by atoms with van der Waals surface area (Å²) in [6.45, 7) is 0.643. The molecule has 150 valence electrons. The summed E-state index contributed by atoms with van der Waals surface area (Å²) in [5.74, 6) is -0.322. The first-order valence-corrected chi connectivity index (χ1v) is 9.93. The third-order valence-corrected chi connectivity index (χ3v) is 5.07. The minimum Gasteiger partial charge on any atom is -0.380 e. The molecule has 0 saturated carbocycles. The van der Waals surface area contributed by atoms with Crippen LogP contribution in [0.5, 0.6) is 0 Å². The number of benzene rings is 3. The van der Waals surface area contributed by atoms with E-state index >= 15 is 0 Å². The smallest absolute Gasteiger partial charge is 0.259 e. The molecule has 1 aromatic heterocycles.